The molecule has 3 heterocycles. The van der Waals surface area contributed by atoms with Crippen molar-refractivity contribution in [3.63, 3.8) is 0 Å². The van der Waals surface area contributed by atoms with Crippen LogP contribution in [-0.2, 0) is 6.54 Å². The number of hydrogen-bond acceptors (Lipinski definition) is 3. The Morgan fingerprint density at radius 3 is 3.00 bits per heavy atom. The van der Waals surface area contributed by atoms with Gasteiger partial charge in [-0.05, 0) is 50.5 Å². The molecule has 0 aliphatic carbocycles. The van der Waals surface area contributed by atoms with Crippen molar-refractivity contribution in [2.45, 2.75) is 39.3 Å². The first kappa shape index (κ1) is 16.1. The van der Waals surface area contributed by atoms with Gasteiger partial charge in [0.25, 0.3) is 0 Å². The van der Waals surface area contributed by atoms with E-state index in [0.29, 0.717) is 6.54 Å². The predicted molar refractivity (Wildman–Crippen MR) is 101 cm³/mol. The quantitative estimate of drug-likeness (QED) is 0.737. The number of para-hydroxylation sites is 1. The van der Waals surface area contributed by atoms with Gasteiger partial charge in [0.2, 0.25) is 0 Å². The van der Waals surface area contributed by atoms with E-state index < -0.39 is 0 Å². The van der Waals surface area contributed by atoms with Crippen LogP contribution in [0.1, 0.15) is 40.0 Å². The Kier molecular flexibility index (Phi) is 4.21. The van der Waals surface area contributed by atoms with Crippen molar-refractivity contribution in [2.24, 2.45) is 0 Å². The largest absolute Gasteiger partial charge is 0.340 e. The molecule has 0 bridgehead atoms. The SMILES string of the molecule is Cc1ccc(CNC(=O)N2CCC[C@H]2c2nc3c(C)cccc3[nH]2)s1. The molecule has 1 saturated heterocycles. The van der Waals surface area contributed by atoms with Crippen LogP contribution in [0.25, 0.3) is 11.0 Å². The first-order valence-corrected chi connectivity index (χ1v) is 9.48. The number of carbonyl (C=O) groups excluding carboxylic acids is 1. The molecular weight excluding hydrogens is 332 g/mol. The third-order valence-corrected chi connectivity index (χ3v) is 5.77. The predicted octanol–water partition coefficient (Wildman–Crippen LogP) is 4.29. The van der Waals surface area contributed by atoms with E-state index in [-0.39, 0.29) is 12.1 Å². The molecule has 4 rings (SSSR count). The number of likely N-dealkylation sites (tertiary alicyclic amines) is 1. The molecule has 2 N–H and O–H groups in total. The van der Waals surface area contributed by atoms with E-state index in [4.69, 9.17) is 4.98 Å². The average Bonchev–Trinajstić information content (AvgIpc) is 3.31. The fraction of sp³-hybridized carbons (Fsp3) is 0.368. The minimum absolute atomic E-state index is 0.00858. The number of rotatable bonds is 3. The normalized spacial score (nSPS) is 17.4. The summed E-state index contributed by atoms with van der Waals surface area (Å²) in [5, 5.41) is 3.05. The molecular formula is C19H22N4OS. The van der Waals surface area contributed by atoms with Gasteiger partial charge < -0.3 is 15.2 Å². The van der Waals surface area contributed by atoms with Gasteiger partial charge >= 0.3 is 6.03 Å². The highest BCUT2D eigenvalue weighted by Crippen LogP contribution is 2.32. The number of aromatic amines is 1. The highest BCUT2D eigenvalue weighted by molar-refractivity contribution is 7.11. The van der Waals surface area contributed by atoms with Crippen LogP contribution in [0.3, 0.4) is 0 Å². The third kappa shape index (κ3) is 3.14. The number of imidazole rings is 1. The number of urea groups is 1. The number of hydrogen-bond donors (Lipinski definition) is 2. The fourth-order valence-corrected chi connectivity index (χ4v) is 4.32. The number of nitrogens with zero attached hydrogens (tertiary/aromatic N) is 2. The first-order chi connectivity index (χ1) is 12.1. The zero-order valence-corrected chi connectivity index (χ0v) is 15.3. The molecule has 5 nitrogen and oxygen atoms in total. The standard InChI is InChI=1S/C19H22N4OS/c1-12-5-3-6-15-17(12)22-18(21-15)16-7-4-10-23(16)19(24)20-11-14-9-8-13(2)25-14/h3,5-6,8-9,16H,4,7,10-11H2,1-2H3,(H,20,24)(H,21,22)/t16-/m0/s1. The minimum Gasteiger partial charge on any atom is -0.340 e. The lowest BCUT2D eigenvalue weighted by molar-refractivity contribution is 0.191. The molecule has 1 aliphatic heterocycles. The number of nitrogens with one attached hydrogen (secondary N) is 2. The summed E-state index contributed by atoms with van der Waals surface area (Å²) in [6.07, 6.45) is 1.95. The number of aromatic nitrogens is 2. The molecule has 3 aromatic rings. The van der Waals surface area contributed by atoms with Gasteiger partial charge in [0.15, 0.2) is 0 Å². The number of thiophene rings is 1. The van der Waals surface area contributed by atoms with Gasteiger partial charge in [0.05, 0.1) is 23.6 Å². The number of carbonyl (C=O) groups is 1. The van der Waals surface area contributed by atoms with Crippen molar-refractivity contribution in [1.82, 2.24) is 20.2 Å². The lowest BCUT2D eigenvalue weighted by atomic mass is 10.2. The van der Waals surface area contributed by atoms with Gasteiger partial charge in [-0.1, -0.05) is 12.1 Å². The lowest BCUT2D eigenvalue weighted by Crippen LogP contribution is -2.39. The summed E-state index contributed by atoms with van der Waals surface area (Å²) < 4.78 is 0. The summed E-state index contributed by atoms with van der Waals surface area (Å²) in [5.74, 6) is 0.893. The van der Waals surface area contributed by atoms with Crippen LogP contribution in [0.4, 0.5) is 4.79 Å². The summed E-state index contributed by atoms with van der Waals surface area (Å²) in [7, 11) is 0. The van der Waals surface area contributed by atoms with Crippen molar-refractivity contribution >= 4 is 28.4 Å². The summed E-state index contributed by atoms with van der Waals surface area (Å²) >= 11 is 1.72. The van der Waals surface area contributed by atoms with Gasteiger partial charge in [-0.2, -0.15) is 0 Å². The van der Waals surface area contributed by atoms with Crippen LogP contribution in [0.5, 0.6) is 0 Å². The Labute approximate surface area is 151 Å². The first-order valence-electron chi connectivity index (χ1n) is 8.67. The molecule has 1 fully saturated rings. The maximum Gasteiger partial charge on any atom is 0.318 e. The maximum absolute atomic E-state index is 12.7. The van der Waals surface area contributed by atoms with Crippen LogP contribution in [-0.4, -0.2) is 27.4 Å². The summed E-state index contributed by atoms with van der Waals surface area (Å²) in [6.45, 7) is 5.50. The molecule has 1 aliphatic rings. The Balaban J connectivity index is 1.50. The van der Waals surface area contributed by atoms with E-state index in [1.807, 2.05) is 17.0 Å². The van der Waals surface area contributed by atoms with Gasteiger partial charge in [0.1, 0.15) is 5.82 Å². The van der Waals surface area contributed by atoms with Crippen molar-refractivity contribution < 1.29 is 4.79 Å². The van der Waals surface area contributed by atoms with Gasteiger partial charge in [-0.3, -0.25) is 0 Å². The molecule has 130 valence electrons. The fourth-order valence-electron chi connectivity index (χ4n) is 3.49. The van der Waals surface area contributed by atoms with Crippen LogP contribution in [0.2, 0.25) is 0 Å². The molecule has 2 amide bonds. The van der Waals surface area contributed by atoms with E-state index in [2.05, 4.69) is 42.3 Å². The van der Waals surface area contributed by atoms with Crippen LogP contribution in [0, 0.1) is 13.8 Å². The van der Waals surface area contributed by atoms with E-state index in [1.165, 1.54) is 9.75 Å². The molecule has 0 radical (unpaired) electrons. The minimum atomic E-state index is -0.00858. The highest BCUT2D eigenvalue weighted by atomic mass is 32.1. The smallest absolute Gasteiger partial charge is 0.318 e. The monoisotopic (exact) mass is 354 g/mol. The summed E-state index contributed by atoms with van der Waals surface area (Å²) in [5.41, 5.74) is 3.19. The molecule has 2 aromatic heterocycles. The second kappa shape index (κ2) is 6.52. The Morgan fingerprint density at radius 1 is 1.36 bits per heavy atom. The second-order valence-corrected chi connectivity index (χ2v) is 7.99. The molecule has 0 saturated carbocycles. The molecule has 25 heavy (non-hydrogen) atoms. The zero-order valence-electron chi connectivity index (χ0n) is 14.5. The van der Waals surface area contributed by atoms with E-state index in [0.717, 1.165) is 41.8 Å². The molecule has 0 spiro atoms. The van der Waals surface area contributed by atoms with E-state index in [9.17, 15) is 4.79 Å². The number of benzene rings is 1. The zero-order chi connectivity index (χ0) is 17.4. The van der Waals surface area contributed by atoms with Crippen molar-refractivity contribution in [1.29, 1.82) is 0 Å². The lowest BCUT2D eigenvalue weighted by Gasteiger charge is -2.23. The van der Waals surface area contributed by atoms with Gasteiger partial charge in [0, 0.05) is 16.3 Å². The number of H-pyrrole nitrogens is 1. The molecule has 1 aromatic carbocycles. The van der Waals surface area contributed by atoms with Crippen LogP contribution >= 0.6 is 11.3 Å². The van der Waals surface area contributed by atoms with E-state index >= 15 is 0 Å². The highest BCUT2D eigenvalue weighted by Gasteiger charge is 2.32. The Bertz CT molecular complexity index is 913. The Morgan fingerprint density at radius 2 is 2.24 bits per heavy atom. The molecule has 6 heteroatoms. The van der Waals surface area contributed by atoms with Gasteiger partial charge in [-0.25, -0.2) is 9.78 Å². The van der Waals surface area contributed by atoms with Gasteiger partial charge in [-0.15, -0.1) is 11.3 Å². The van der Waals surface area contributed by atoms with Crippen LogP contribution in [0.15, 0.2) is 30.3 Å². The number of fused-ring (bicyclic) bond motifs is 1. The third-order valence-electron chi connectivity index (χ3n) is 4.77. The Hall–Kier alpha value is -2.34. The molecule has 0 unspecified atom stereocenters. The topological polar surface area (TPSA) is 61.0 Å². The summed E-state index contributed by atoms with van der Waals surface area (Å²) in [4.78, 5) is 25.2. The number of amides is 2. The second-order valence-electron chi connectivity index (χ2n) is 6.62. The molecule has 1 atom stereocenters. The van der Waals surface area contributed by atoms with Crippen molar-refractivity contribution in [2.75, 3.05) is 6.54 Å². The van der Waals surface area contributed by atoms with E-state index in [1.54, 1.807) is 11.3 Å². The van der Waals surface area contributed by atoms with Crippen molar-refractivity contribution in [3.05, 3.63) is 51.5 Å². The van der Waals surface area contributed by atoms with Crippen molar-refractivity contribution in [3.8, 4) is 0 Å². The summed E-state index contributed by atoms with van der Waals surface area (Å²) in [6, 6.07) is 10.3. The maximum atomic E-state index is 12.7. The number of aryl methyl sites for hydroxylation is 2. The average molecular weight is 354 g/mol. The van der Waals surface area contributed by atoms with Crippen LogP contribution < -0.4 is 5.32 Å².